The third-order valence-electron chi connectivity index (χ3n) is 4.51. The number of nitro groups is 4. The molecule has 0 spiro atoms. The molecule has 18 heteroatoms. The molecule has 0 radical (unpaired) electrons. The second kappa shape index (κ2) is 13.2. The SMILES string of the molecule is Cn1c(C=Nc2cc([N+](=O)[O-])cc([N+](=O)[O-])c2)ccc1C=Nc1cc([N+](=O)[O-])cc([N+](=O)[O-])c1.[Cl][Fe][Cl]. The number of rotatable bonds is 8. The molecule has 194 valence electrons. The van der Waals surface area contributed by atoms with Crippen LogP contribution in [-0.4, -0.2) is 36.7 Å². The molecule has 0 aliphatic carbocycles. The number of hydrogen-bond donors (Lipinski definition) is 0. The summed E-state index contributed by atoms with van der Waals surface area (Å²) >= 11 is 0.194. The van der Waals surface area contributed by atoms with Crippen LogP contribution < -0.4 is 0 Å². The molecule has 0 fully saturated rings. The van der Waals surface area contributed by atoms with Crippen molar-refractivity contribution in [2.45, 2.75) is 0 Å². The van der Waals surface area contributed by atoms with Crippen LogP contribution in [0.3, 0.4) is 0 Å². The number of benzene rings is 2. The molecule has 0 saturated carbocycles. The average Bonchev–Trinajstić information content (AvgIpc) is 3.20. The van der Waals surface area contributed by atoms with E-state index in [1.807, 2.05) is 0 Å². The Morgan fingerprint density at radius 3 is 1.19 bits per heavy atom. The fourth-order valence-electron chi connectivity index (χ4n) is 2.81. The summed E-state index contributed by atoms with van der Waals surface area (Å²) in [5, 5.41) is 44.0. The zero-order valence-corrected chi connectivity index (χ0v) is 20.9. The first-order valence-corrected chi connectivity index (χ1v) is 12.5. The number of nitrogens with zero attached hydrogens (tertiary/aromatic N) is 7. The van der Waals surface area contributed by atoms with Gasteiger partial charge in [-0.25, -0.2) is 0 Å². The molecule has 0 unspecified atom stereocenters. The topological polar surface area (TPSA) is 202 Å². The Balaban J connectivity index is 0.00000153. The maximum atomic E-state index is 11.0. The van der Waals surface area contributed by atoms with Gasteiger partial charge < -0.3 is 4.57 Å². The quantitative estimate of drug-likeness (QED) is 0.140. The predicted octanol–water partition coefficient (Wildman–Crippen LogP) is 5.54. The van der Waals surface area contributed by atoms with E-state index in [4.69, 9.17) is 20.2 Å². The standard InChI is InChI=1S/C19H13N7O8.2ClH.Fe/c1-22-14(10-20-12-4-16(23(27)28)8-17(5-12)24(29)30)2-3-15(22)11-21-13-6-18(25(31)32)9-19(7-13)26(33)34;;;/h2-11H,1H3;2*1H;/q;;;+2/p-2. The molecule has 0 amide bonds. The van der Waals surface area contributed by atoms with E-state index in [1.165, 1.54) is 12.4 Å². The molecule has 1 aromatic heterocycles. The van der Waals surface area contributed by atoms with Crippen LogP contribution in [0.5, 0.6) is 0 Å². The summed E-state index contributed by atoms with van der Waals surface area (Å²) in [6, 6.07) is 9.24. The summed E-state index contributed by atoms with van der Waals surface area (Å²) in [5.41, 5.74) is -0.915. The van der Waals surface area contributed by atoms with Crippen molar-refractivity contribution in [2.75, 3.05) is 0 Å². The normalized spacial score (nSPS) is 10.9. The fraction of sp³-hybridized carbons (Fsp3) is 0.0526. The van der Waals surface area contributed by atoms with Gasteiger partial charge in [-0.05, 0) is 12.1 Å². The molecular weight excluding hydrogens is 581 g/mol. The summed E-state index contributed by atoms with van der Waals surface area (Å²) < 4.78 is 1.60. The Labute approximate surface area is 221 Å². The van der Waals surface area contributed by atoms with Crippen LogP contribution in [0.15, 0.2) is 58.5 Å². The number of aliphatic imine (C=N–C) groups is 2. The van der Waals surface area contributed by atoms with Gasteiger partial charge >= 0.3 is 33.3 Å². The molecule has 0 aliphatic rings. The van der Waals surface area contributed by atoms with Gasteiger partial charge in [0, 0.05) is 31.3 Å². The molecule has 3 aromatic rings. The molecule has 15 nitrogen and oxygen atoms in total. The van der Waals surface area contributed by atoms with Crippen LogP contribution in [-0.2, 0) is 20.2 Å². The minimum absolute atomic E-state index is 0.00113. The second-order valence-corrected chi connectivity index (χ2v) is 8.58. The molecule has 37 heavy (non-hydrogen) atoms. The second-order valence-electron chi connectivity index (χ2n) is 6.75. The van der Waals surface area contributed by atoms with Gasteiger partial charge in [-0.15, -0.1) is 0 Å². The maximum absolute atomic E-state index is 11.0. The number of nitro benzene ring substituents is 4. The van der Waals surface area contributed by atoms with E-state index in [-0.39, 0.29) is 24.5 Å². The molecule has 2 aromatic carbocycles. The number of non-ortho nitro benzene ring substituents is 4. The summed E-state index contributed by atoms with van der Waals surface area (Å²) in [6.45, 7) is 0. The molecule has 1 heterocycles. The molecule has 0 N–H and O–H groups in total. The van der Waals surface area contributed by atoms with Gasteiger partial charge in [0.2, 0.25) is 0 Å². The third kappa shape index (κ3) is 8.15. The molecule has 0 aliphatic heterocycles. The van der Waals surface area contributed by atoms with E-state index in [2.05, 4.69) is 9.98 Å². The number of aromatic nitrogens is 1. The van der Waals surface area contributed by atoms with Crippen LogP contribution in [0.25, 0.3) is 0 Å². The predicted molar refractivity (Wildman–Crippen MR) is 131 cm³/mol. The zero-order valence-electron chi connectivity index (χ0n) is 18.3. The average molecular weight is 594 g/mol. The molecular formula is C19H13Cl2FeN7O8. The molecule has 0 saturated heterocycles. The van der Waals surface area contributed by atoms with Crippen LogP contribution in [0, 0.1) is 40.5 Å². The third-order valence-corrected chi connectivity index (χ3v) is 4.51. The van der Waals surface area contributed by atoms with Gasteiger partial charge in [0.05, 0.1) is 67.0 Å². The minimum atomic E-state index is -0.763. The van der Waals surface area contributed by atoms with Crippen molar-refractivity contribution in [3.8, 4) is 0 Å². The zero-order chi connectivity index (χ0) is 27.7. The number of halogens is 2. The fourth-order valence-corrected chi connectivity index (χ4v) is 2.81. The van der Waals surface area contributed by atoms with Crippen molar-refractivity contribution in [1.82, 2.24) is 4.57 Å². The van der Waals surface area contributed by atoms with Crippen LogP contribution >= 0.6 is 20.2 Å². The first-order chi connectivity index (χ1) is 17.5. The number of hydrogen-bond acceptors (Lipinski definition) is 10. The first kappa shape index (κ1) is 29.0. The Morgan fingerprint density at radius 1 is 0.676 bits per heavy atom. The Kier molecular flexibility index (Phi) is 10.3. The van der Waals surface area contributed by atoms with Gasteiger partial charge in [0.15, 0.2) is 0 Å². The van der Waals surface area contributed by atoms with E-state index < -0.39 is 42.4 Å². The van der Waals surface area contributed by atoms with Crippen molar-refractivity contribution in [3.63, 3.8) is 0 Å². The van der Waals surface area contributed by atoms with E-state index in [1.54, 1.807) is 23.7 Å². The van der Waals surface area contributed by atoms with E-state index in [9.17, 15) is 40.5 Å². The summed E-state index contributed by atoms with van der Waals surface area (Å²) in [5.74, 6) is 0. The Bertz CT molecular complexity index is 1260. The summed E-state index contributed by atoms with van der Waals surface area (Å²) in [7, 11) is 11.2. The van der Waals surface area contributed by atoms with E-state index in [0.29, 0.717) is 11.4 Å². The van der Waals surface area contributed by atoms with E-state index >= 15 is 0 Å². The van der Waals surface area contributed by atoms with Crippen LogP contribution in [0.1, 0.15) is 11.4 Å². The van der Waals surface area contributed by atoms with Crippen LogP contribution in [0.4, 0.5) is 34.1 Å². The summed E-state index contributed by atoms with van der Waals surface area (Å²) in [6.07, 6.45) is 2.66. The molecule has 3 rings (SSSR count). The van der Waals surface area contributed by atoms with Crippen molar-refractivity contribution in [1.29, 1.82) is 0 Å². The first-order valence-electron chi connectivity index (χ1n) is 9.43. The van der Waals surface area contributed by atoms with Crippen molar-refractivity contribution >= 4 is 66.7 Å². The molecule has 0 atom stereocenters. The van der Waals surface area contributed by atoms with Gasteiger partial charge in [0.25, 0.3) is 22.7 Å². The van der Waals surface area contributed by atoms with Crippen molar-refractivity contribution in [2.24, 2.45) is 17.0 Å². The van der Waals surface area contributed by atoms with Gasteiger partial charge in [-0.2, -0.15) is 0 Å². The van der Waals surface area contributed by atoms with E-state index in [0.717, 1.165) is 36.4 Å². The van der Waals surface area contributed by atoms with Crippen molar-refractivity contribution < 1.29 is 32.8 Å². The summed E-state index contributed by atoms with van der Waals surface area (Å²) in [4.78, 5) is 49.1. The van der Waals surface area contributed by atoms with Gasteiger partial charge in [0.1, 0.15) is 0 Å². The van der Waals surface area contributed by atoms with Crippen LogP contribution in [0.2, 0.25) is 0 Å². The van der Waals surface area contributed by atoms with Gasteiger partial charge in [-0.3, -0.25) is 50.4 Å². The monoisotopic (exact) mass is 593 g/mol. The Hall–Kier alpha value is -4.24. The van der Waals surface area contributed by atoms with Crippen molar-refractivity contribution in [3.05, 3.63) is 100 Å². The molecule has 0 bridgehead atoms. The Morgan fingerprint density at radius 2 is 0.946 bits per heavy atom. The van der Waals surface area contributed by atoms with Gasteiger partial charge in [-0.1, -0.05) is 0 Å².